The topological polar surface area (TPSA) is 26.3 Å². The van der Waals surface area contributed by atoms with Crippen molar-refractivity contribution in [1.29, 1.82) is 0 Å². The van der Waals surface area contributed by atoms with Gasteiger partial charge in [0.05, 0.1) is 9.80 Å². The number of benzene rings is 1. The maximum atomic E-state index is 12.0. The van der Waals surface area contributed by atoms with Gasteiger partial charge >= 0.3 is 6.61 Å². The Morgan fingerprint density at radius 3 is 2.69 bits per heavy atom. The van der Waals surface area contributed by atoms with Crippen LogP contribution in [0.1, 0.15) is 5.56 Å². The number of carbonyl (C=O) groups excluding carboxylic acids is 1. The molecule has 88 valence electrons. The fourth-order valence-corrected chi connectivity index (χ4v) is 1.84. The molecule has 0 atom stereocenters. The van der Waals surface area contributed by atoms with Gasteiger partial charge in [0.2, 0.25) is 0 Å². The van der Waals surface area contributed by atoms with Crippen molar-refractivity contribution in [3.8, 4) is 5.75 Å². The summed E-state index contributed by atoms with van der Waals surface area (Å²) in [6.45, 7) is -2.88. The molecule has 0 saturated carbocycles. The maximum Gasteiger partial charge on any atom is 0.387 e. The first-order chi connectivity index (χ1) is 7.54. The molecule has 0 unspecified atom stereocenters. The molecule has 6 heteroatoms. The highest BCUT2D eigenvalue weighted by Gasteiger charge is 2.12. The lowest BCUT2D eigenvalue weighted by Gasteiger charge is -2.09. The summed E-state index contributed by atoms with van der Waals surface area (Å²) >= 11 is 6.18. The summed E-state index contributed by atoms with van der Waals surface area (Å²) in [6, 6.07) is 4.67. The SMILES string of the molecule is O=C(CBr)Cc1cccc(OC(F)F)c1Br. The Hall–Kier alpha value is -0.490. The molecule has 0 aliphatic rings. The van der Waals surface area contributed by atoms with Gasteiger partial charge in [-0.2, -0.15) is 8.78 Å². The normalized spacial score (nSPS) is 10.6. The second kappa shape index (κ2) is 6.30. The smallest absolute Gasteiger partial charge is 0.387 e. The van der Waals surface area contributed by atoms with E-state index in [9.17, 15) is 13.6 Å². The molecule has 2 nitrogen and oxygen atoms in total. The number of halogens is 4. The molecule has 0 aliphatic heterocycles. The van der Waals surface area contributed by atoms with Crippen LogP contribution in [0.25, 0.3) is 0 Å². The maximum absolute atomic E-state index is 12.0. The van der Waals surface area contributed by atoms with E-state index in [-0.39, 0.29) is 23.3 Å². The Labute approximate surface area is 108 Å². The Bertz CT molecular complexity index is 383. The summed E-state index contributed by atoms with van der Waals surface area (Å²) in [5.74, 6) is 0.00442. The third kappa shape index (κ3) is 3.83. The van der Waals surface area contributed by atoms with Crippen molar-refractivity contribution in [1.82, 2.24) is 0 Å². The Morgan fingerprint density at radius 2 is 2.12 bits per heavy atom. The first-order valence-electron chi connectivity index (χ1n) is 4.34. The van der Waals surface area contributed by atoms with Crippen LogP contribution in [0.2, 0.25) is 0 Å². The number of hydrogen-bond donors (Lipinski definition) is 0. The van der Waals surface area contributed by atoms with Gasteiger partial charge in [-0.1, -0.05) is 28.1 Å². The van der Waals surface area contributed by atoms with Crippen LogP contribution in [0.5, 0.6) is 5.75 Å². The molecule has 1 rings (SSSR count). The van der Waals surface area contributed by atoms with Crippen molar-refractivity contribution in [2.24, 2.45) is 0 Å². The monoisotopic (exact) mass is 356 g/mol. The number of carbonyl (C=O) groups is 1. The van der Waals surface area contributed by atoms with E-state index in [4.69, 9.17) is 0 Å². The van der Waals surface area contributed by atoms with Crippen LogP contribution in [0.4, 0.5) is 8.78 Å². The fourth-order valence-electron chi connectivity index (χ4n) is 1.14. The number of alkyl halides is 3. The van der Waals surface area contributed by atoms with E-state index in [0.29, 0.717) is 10.0 Å². The van der Waals surface area contributed by atoms with Crippen LogP contribution in [0.15, 0.2) is 22.7 Å². The van der Waals surface area contributed by atoms with Gasteiger partial charge in [0.1, 0.15) is 11.5 Å². The third-order valence-corrected chi connectivity index (χ3v) is 3.32. The lowest BCUT2D eigenvalue weighted by Crippen LogP contribution is -2.06. The molecule has 0 aliphatic carbocycles. The highest BCUT2D eigenvalue weighted by molar-refractivity contribution is 9.10. The molecule has 0 bridgehead atoms. The van der Waals surface area contributed by atoms with E-state index < -0.39 is 6.61 Å². The summed E-state index contributed by atoms with van der Waals surface area (Å²) in [5, 5.41) is 0.235. The van der Waals surface area contributed by atoms with Crippen molar-refractivity contribution in [2.45, 2.75) is 13.0 Å². The van der Waals surface area contributed by atoms with Crippen LogP contribution in [0.3, 0.4) is 0 Å². The highest BCUT2D eigenvalue weighted by atomic mass is 79.9. The van der Waals surface area contributed by atoms with Crippen LogP contribution < -0.4 is 4.74 Å². The summed E-state index contributed by atoms with van der Waals surface area (Å²) in [6.07, 6.45) is 0.173. The van der Waals surface area contributed by atoms with Crippen LogP contribution in [-0.4, -0.2) is 17.7 Å². The second-order valence-electron chi connectivity index (χ2n) is 2.96. The number of ether oxygens (including phenoxy) is 1. The van der Waals surface area contributed by atoms with Crippen molar-refractivity contribution < 1.29 is 18.3 Å². The van der Waals surface area contributed by atoms with E-state index in [1.165, 1.54) is 6.07 Å². The average molecular weight is 358 g/mol. The van der Waals surface area contributed by atoms with Crippen LogP contribution >= 0.6 is 31.9 Å². The van der Waals surface area contributed by atoms with E-state index in [2.05, 4.69) is 36.6 Å². The highest BCUT2D eigenvalue weighted by Crippen LogP contribution is 2.30. The zero-order chi connectivity index (χ0) is 12.1. The molecule has 0 amide bonds. The molecule has 1 aromatic rings. The minimum Gasteiger partial charge on any atom is -0.434 e. The van der Waals surface area contributed by atoms with Gasteiger partial charge in [0, 0.05) is 6.42 Å². The zero-order valence-corrected chi connectivity index (χ0v) is 11.2. The molecular formula is C10H8Br2F2O2. The van der Waals surface area contributed by atoms with Crippen LogP contribution in [0, 0.1) is 0 Å². The van der Waals surface area contributed by atoms with Gasteiger partial charge in [0.25, 0.3) is 0 Å². The largest absolute Gasteiger partial charge is 0.434 e. The summed E-state index contributed by atoms with van der Waals surface area (Å²) in [5.41, 5.74) is 0.627. The van der Waals surface area contributed by atoms with Crippen molar-refractivity contribution in [3.63, 3.8) is 0 Å². The minimum atomic E-state index is -2.88. The molecule has 0 radical (unpaired) electrons. The molecular weight excluding hydrogens is 350 g/mol. The second-order valence-corrected chi connectivity index (χ2v) is 4.31. The van der Waals surface area contributed by atoms with Crippen molar-refractivity contribution in [3.05, 3.63) is 28.2 Å². The molecule has 0 heterocycles. The van der Waals surface area contributed by atoms with E-state index >= 15 is 0 Å². The van der Waals surface area contributed by atoms with Crippen LogP contribution in [-0.2, 0) is 11.2 Å². The Kier molecular flexibility index (Phi) is 5.34. The number of rotatable bonds is 5. The van der Waals surface area contributed by atoms with E-state index in [0.717, 1.165) is 0 Å². The van der Waals surface area contributed by atoms with Gasteiger partial charge < -0.3 is 4.74 Å². The van der Waals surface area contributed by atoms with Crippen molar-refractivity contribution in [2.75, 3.05) is 5.33 Å². The van der Waals surface area contributed by atoms with Gasteiger partial charge in [-0.3, -0.25) is 4.79 Å². The van der Waals surface area contributed by atoms with Crippen molar-refractivity contribution >= 4 is 37.6 Å². The predicted molar refractivity (Wildman–Crippen MR) is 63.3 cm³/mol. The first-order valence-corrected chi connectivity index (χ1v) is 6.26. The predicted octanol–water partition coefficient (Wildman–Crippen LogP) is 3.56. The Morgan fingerprint density at radius 1 is 1.44 bits per heavy atom. The molecule has 0 N–H and O–H groups in total. The molecule has 16 heavy (non-hydrogen) atoms. The summed E-state index contributed by atoms with van der Waals surface area (Å²) in [7, 11) is 0. The summed E-state index contributed by atoms with van der Waals surface area (Å²) < 4.78 is 28.8. The molecule has 0 fully saturated rings. The number of Topliss-reactive ketones (excluding diaryl/α,β-unsaturated/α-hetero) is 1. The number of hydrogen-bond acceptors (Lipinski definition) is 2. The van der Waals surface area contributed by atoms with Gasteiger partial charge in [-0.15, -0.1) is 0 Å². The fraction of sp³-hybridized carbons (Fsp3) is 0.300. The lowest BCUT2D eigenvalue weighted by molar-refractivity contribution is -0.115. The molecule has 0 spiro atoms. The van der Waals surface area contributed by atoms with Gasteiger partial charge in [-0.25, -0.2) is 0 Å². The zero-order valence-electron chi connectivity index (χ0n) is 8.05. The minimum absolute atomic E-state index is 0.0325. The molecule has 0 aromatic heterocycles. The molecule has 1 aromatic carbocycles. The third-order valence-electron chi connectivity index (χ3n) is 1.80. The van der Waals surface area contributed by atoms with E-state index in [1.54, 1.807) is 12.1 Å². The van der Waals surface area contributed by atoms with Gasteiger partial charge in [-0.05, 0) is 27.6 Å². The molecule has 0 saturated heterocycles. The Balaban J connectivity index is 2.90. The summed E-state index contributed by atoms with van der Waals surface area (Å²) in [4.78, 5) is 11.2. The van der Waals surface area contributed by atoms with E-state index in [1.807, 2.05) is 0 Å². The standard InChI is InChI=1S/C10H8Br2F2O2/c11-5-7(15)4-6-2-1-3-8(9(6)12)16-10(13)14/h1-3,10H,4-5H2. The number of ketones is 1. The lowest BCUT2D eigenvalue weighted by atomic mass is 10.1. The van der Waals surface area contributed by atoms with Gasteiger partial charge in [0.15, 0.2) is 0 Å². The quantitative estimate of drug-likeness (QED) is 0.753. The average Bonchev–Trinajstić information content (AvgIpc) is 2.23. The first kappa shape index (κ1) is 13.6.